The van der Waals surface area contributed by atoms with Crippen LogP contribution in [-0.4, -0.2) is 33.7 Å². The molecule has 1 aromatic rings. The zero-order valence-corrected chi connectivity index (χ0v) is 9.63. The van der Waals surface area contributed by atoms with E-state index in [1.807, 2.05) is 0 Å². The van der Waals surface area contributed by atoms with Crippen LogP contribution in [0.4, 0.5) is 4.39 Å². The van der Waals surface area contributed by atoms with Crippen molar-refractivity contribution in [3.63, 3.8) is 0 Å². The first-order valence-corrected chi connectivity index (χ1v) is 5.20. The molecule has 5 nitrogen and oxygen atoms in total. The fraction of sp³-hybridized carbons (Fsp3) is 0.333. The maximum Gasteiger partial charge on any atom is 0.306 e. The standard InChI is InChI=1S/C12H13FO5/c1-6-2-3-8(13)7(5-14)11(6)12(18)9(15)4-10(16)17/h2-3,5,9,12,15,18H,4H2,1H3,(H,16,17). The smallest absolute Gasteiger partial charge is 0.306 e. The number of hydrogen-bond donors (Lipinski definition) is 3. The highest BCUT2D eigenvalue weighted by molar-refractivity contribution is 5.79. The van der Waals surface area contributed by atoms with Crippen molar-refractivity contribution in [3.8, 4) is 0 Å². The van der Waals surface area contributed by atoms with Crippen molar-refractivity contribution in [2.45, 2.75) is 25.6 Å². The Morgan fingerprint density at radius 2 is 2.06 bits per heavy atom. The first-order chi connectivity index (χ1) is 8.38. The van der Waals surface area contributed by atoms with Gasteiger partial charge < -0.3 is 15.3 Å². The van der Waals surface area contributed by atoms with Gasteiger partial charge in [0.05, 0.1) is 18.1 Å². The van der Waals surface area contributed by atoms with Gasteiger partial charge in [-0.25, -0.2) is 4.39 Å². The van der Waals surface area contributed by atoms with Crippen LogP contribution in [0.5, 0.6) is 0 Å². The molecule has 0 heterocycles. The van der Waals surface area contributed by atoms with Crippen LogP contribution in [0.2, 0.25) is 0 Å². The van der Waals surface area contributed by atoms with Crippen LogP contribution >= 0.6 is 0 Å². The Hall–Kier alpha value is -1.79. The van der Waals surface area contributed by atoms with Crippen LogP contribution in [0.3, 0.4) is 0 Å². The second-order valence-corrected chi connectivity index (χ2v) is 3.92. The van der Waals surface area contributed by atoms with Gasteiger partial charge >= 0.3 is 5.97 Å². The largest absolute Gasteiger partial charge is 0.481 e. The van der Waals surface area contributed by atoms with Crippen LogP contribution in [0.1, 0.15) is 34.0 Å². The summed E-state index contributed by atoms with van der Waals surface area (Å²) in [4.78, 5) is 21.2. The van der Waals surface area contributed by atoms with E-state index in [0.29, 0.717) is 5.56 Å². The van der Waals surface area contributed by atoms with Crippen LogP contribution < -0.4 is 0 Å². The van der Waals surface area contributed by atoms with Crippen molar-refractivity contribution in [2.24, 2.45) is 0 Å². The number of aldehydes is 1. The van der Waals surface area contributed by atoms with Gasteiger partial charge in [0.2, 0.25) is 0 Å². The second kappa shape index (κ2) is 5.70. The third-order valence-corrected chi connectivity index (χ3v) is 2.61. The molecule has 3 N–H and O–H groups in total. The average Bonchev–Trinajstić information content (AvgIpc) is 2.29. The molecule has 0 amide bonds. The molecule has 1 rings (SSSR count). The van der Waals surface area contributed by atoms with Gasteiger partial charge in [-0.05, 0) is 24.1 Å². The van der Waals surface area contributed by atoms with Crippen molar-refractivity contribution in [2.75, 3.05) is 0 Å². The van der Waals surface area contributed by atoms with Crippen molar-refractivity contribution in [1.82, 2.24) is 0 Å². The van der Waals surface area contributed by atoms with Gasteiger partial charge in [0.25, 0.3) is 0 Å². The topological polar surface area (TPSA) is 94.8 Å². The molecule has 18 heavy (non-hydrogen) atoms. The highest BCUT2D eigenvalue weighted by Crippen LogP contribution is 2.27. The summed E-state index contributed by atoms with van der Waals surface area (Å²) in [5.74, 6) is -2.13. The number of aliphatic hydroxyl groups is 2. The molecule has 0 aromatic heterocycles. The fourth-order valence-corrected chi connectivity index (χ4v) is 1.71. The summed E-state index contributed by atoms with van der Waals surface area (Å²) in [5, 5.41) is 27.8. The predicted molar refractivity (Wildman–Crippen MR) is 59.7 cm³/mol. The number of aryl methyl sites for hydroxylation is 1. The lowest BCUT2D eigenvalue weighted by atomic mass is 9.93. The maximum atomic E-state index is 13.4. The number of rotatable bonds is 5. The number of aliphatic hydroxyl groups excluding tert-OH is 2. The molecule has 98 valence electrons. The van der Waals surface area contributed by atoms with E-state index in [9.17, 15) is 24.2 Å². The maximum absolute atomic E-state index is 13.4. The van der Waals surface area contributed by atoms with Crippen LogP contribution in [0.25, 0.3) is 0 Å². The Morgan fingerprint density at radius 3 is 2.56 bits per heavy atom. The van der Waals surface area contributed by atoms with E-state index in [2.05, 4.69) is 0 Å². The summed E-state index contributed by atoms with van der Waals surface area (Å²) in [6.07, 6.45) is -3.71. The molecule has 0 spiro atoms. The summed E-state index contributed by atoms with van der Waals surface area (Å²) >= 11 is 0. The van der Waals surface area contributed by atoms with E-state index in [1.54, 1.807) is 0 Å². The normalized spacial score (nSPS) is 14.0. The molecule has 6 heteroatoms. The van der Waals surface area contributed by atoms with Crippen LogP contribution in [0, 0.1) is 12.7 Å². The molecular weight excluding hydrogens is 243 g/mol. The number of carboxylic acids is 1. The third-order valence-electron chi connectivity index (χ3n) is 2.61. The van der Waals surface area contributed by atoms with E-state index in [-0.39, 0.29) is 17.4 Å². The van der Waals surface area contributed by atoms with E-state index in [4.69, 9.17) is 5.11 Å². The van der Waals surface area contributed by atoms with Crippen molar-refractivity contribution < 1.29 is 29.3 Å². The molecule has 0 saturated carbocycles. The summed E-state index contributed by atoms with van der Waals surface area (Å²) in [5.41, 5.74) is -0.0545. The highest BCUT2D eigenvalue weighted by atomic mass is 19.1. The fourth-order valence-electron chi connectivity index (χ4n) is 1.71. The molecular formula is C12H13FO5. The van der Waals surface area contributed by atoms with Crippen molar-refractivity contribution >= 4 is 12.3 Å². The first kappa shape index (κ1) is 14.3. The number of aliphatic carboxylic acids is 1. The number of benzene rings is 1. The molecule has 0 fully saturated rings. The third kappa shape index (κ3) is 2.91. The molecule has 0 aliphatic carbocycles. The van der Waals surface area contributed by atoms with Gasteiger partial charge in [-0.1, -0.05) is 6.07 Å². The SMILES string of the molecule is Cc1ccc(F)c(C=O)c1C(O)C(O)CC(=O)O. The lowest BCUT2D eigenvalue weighted by Crippen LogP contribution is -2.24. The number of hydrogen-bond acceptors (Lipinski definition) is 4. The Labute approximate surface area is 102 Å². The van der Waals surface area contributed by atoms with E-state index in [1.165, 1.54) is 13.0 Å². The van der Waals surface area contributed by atoms with E-state index >= 15 is 0 Å². The quantitative estimate of drug-likeness (QED) is 0.678. The number of carbonyl (C=O) groups excluding carboxylic acids is 1. The molecule has 2 atom stereocenters. The van der Waals surface area contributed by atoms with Crippen molar-refractivity contribution in [1.29, 1.82) is 0 Å². The summed E-state index contributed by atoms with van der Waals surface area (Å²) in [7, 11) is 0. The Morgan fingerprint density at radius 1 is 1.44 bits per heavy atom. The summed E-state index contributed by atoms with van der Waals surface area (Å²) in [6.45, 7) is 1.53. The molecule has 0 aliphatic heterocycles. The number of carboxylic acid groups (broad SMARTS) is 1. The van der Waals surface area contributed by atoms with E-state index in [0.717, 1.165) is 6.07 Å². The van der Waals surface area contributed by atoms with Crippen LogP contribution in [-0.2, 0) is 4.79 Å². The lowest BCUT2D eigenvalue weighted by Gasteiger charge is -2.20. The van der Waals surface area contributed by atoms with Crippen LogP contribution in [0.15, 0.2) is 12.1 Å². The van der Waals surface area contributed by atoms with Crippen molar-refractivity contribution in [3.05, 3.63) is 34.6 Å². The first-order valence-electron chi connectivity index (χ1n) is 5.20. The lowest BCUT2D eigenvalue weighted by molar-refractivity contribution is -0.141. The Kier molecular flexibility index (Phi) is 4.52. The van der Waals surface area contributed by atoms with E-state index < -0.39 is 30.4 Å². The molecule has 1 aromatic carbocycles. The van der Waals surface area contributed by atoms with Gasteiger partial charge in [0.1, 0.15) is 11.9 Å². The minimum absolute atomic E-state index is 0.0845. The van der Waals surface area contributed by atoms with Gasteiger partial charge in [-0.15, -0.1) is 0 Å². The minimum atomic E-state index is -1.63. The number of halogens is 1. The van der Waals surface area contributed by atoms with Gasteiger partial charge in [0.15, 0.2) is 6.29 Å². The summed E-state index contributed by atoms with van der Waals surface area (Å²) in [6, 6.07) is 2.41. The second-order valence-electron chi connectivity index (χ2n) is 3.92. The Bertz CT molecular complexity index is 472. The molecule has 2 unspecified atom stereocenters. The van der Waals surface area contributed by atoms with Gasteiger partial charge in [-0.3, -0.25) is 9.59 Å². The molecule has 0 aliphatic rings. The van der Waals surface area contributed by atoms with Gasteiger partial charge in [0, 0.05) is 0 Å². The molecule has 0 saturated heterocycles. The monoisotopic (exact) mass is 256 g/mol. The average molecular weight is 256 g/mol. The Balaban J connectivity index is 3.19. The molecule has 0 bridgehead atoms. The molecule has 0 radical (unpaired) electrons. The highest BCUT2D eigenvalue weighted by Gasteiger charge is 2.26. The predicted octanol–water partition coefficient (Wildman–Crippen LogP) is 0.816. The summed E-state index contributed by atoms with van der Waals surface area (Å²) < 4.78 is 13.4. The zero-order chi connectivity index (χ0) is 13.9. The van der Waals surface area contributed by atoms with Gasteiger partial charge in [-0.2, -0.15) is 0 Å². The zero-order valence-electron chi connectivity index (χ0n) is 9.63. The number of carbonyl (C=O) groups is 2. The minimum Gasteiger partial charge on any atom is -0.481 e.